The number of fused-ring (bicyclic) bond motifs is 1. The number of hydrogen-bond donors (Lipinski definition) is 2. The Balaban J connectivity index is 2.28. The lowest BCUT2D eigenvalue weighted by Crippen LogP contribution is -2.21. The van der Waals surface area contributed by atoms with Crippen molar-refractivity contribution in [3.63, 3.8) is 0 Å². The van der Waals surface area contributed by atoms with E-state index in [1.54, 1.807) is 35.1 Å². The van der Waals surface area contributed by atoms with Crippen molar-refractivity contribution in [3.8, 4) is 11.3 Å². The second-order valence-corrected chi connectivity index (χ2v) is 7.43. The lowest BCUT2D eigenvalue weighted by molar-refractivity contribution is 0.371. The Labute approximate surface area is 137 Å². The van der Waals surface area contributed by atoms with Gasteiger partial charge in [-0.3, -0.25) is 9.36 Å². The minimum Gasteiger partial charge on any atom is -0.324 e. The SMILES string of the molecule is CC(C)n1cc(-c2c(CP(=O)(O)O)nn3ccccc23)ncc1=O. The number of aromatic nitrogens is 4. The third kappa shape index (κ3) is 3.17. The Kier molecular flexibility index (Phi) is 4.13. The molecule has 0 fully saturated rings. The van der Waals surface area contributed by atoms with Crippen LogP contribution in [0.1, 0.15) is 25.6 Å². The van der Waals surface area contributed by atoms with Crippen LogP contribution in [0.5, 0.6) is 0 Å². The summed E-state index contributed by atoms with van der Waals surface area (Å²) in [6.45, 7) is 3.75. The number of hydrogen-bond acceptors (Lipinski definition) is 4. The fraction of sp³-hybridized carbons (Fsp3) is 0.267. The van der Waals surface area contributed by atoms with Gasteiger partial charge in [0.25, 0.3) is 5.56 Å². The van der Waals surface area contributed by atoms with Gasteiger partial charge in [0.1, 0.15) is 0 Å². The maximum absolute atomic E-state index is 11.9. The van der Waals surface area contributed by atoms with E-state index in [4.69, 9.17) is 0 Å². The largest absolute Gasteiger partial charge is 0.331 e. The van der Waals surface area contributed by atoms with E-state index in [-0.39, 0.29) is 17.3 Å². The summed E-state index contributed by atoms with van der Waals surface area (Å²) in [6.07, 6.45) is 4.01. The molecule has 0 radical (unpaired) electrons. The van der Waals surface area contributed by atoms with Crippen LogP contribution < -0.4 is 5.56 Å². The summed E-state index contributed by atoms with van der Waals surface area (Å²) >= 11 is 0. The number of rotatable bonds is 4. The molecular formula is C15H17N4O4P. The van der Waals surface area contributed by atoms with Crippen LogP contribution in [0.25, 0.3) is 16.8 Å². The standard InChI is InChI=1S/C15H17N4O4P/c1-10(2)18-8-11(16-7-14(18)20)15-12(9-24(21,22)23)17-19-6-4-3-5-13(15)19/h3-8,10H,9H2,1-2H3,(H2,21,22,23). The molecule has 0 aliphatic carbocycles. The maximum atomic E-state index is 11.9. The highest BCUT2D eigenvalue weighted by atomic mass is 31.2. The molecule has 0 amide bonds. The van der Waals surface area contributed by atoms with Gasteiger partial charge in [-0.1, -0.05) is 6.07 Å². The lowest BCUT2D eigenvalue weighted by Gasteiger charge is -2.11. The van der Waals surface area contributed by atoms with E-state index in [2.05, 4.69) is 10.1 Å². The normalized spacial score (nSPS) is 12.2. The molecule has 0 aromatic carbocycles. The molecule has 0 saturated carbocycles. The number of pyridine rings is 1. The fourth-order valence-corrected chi connectivity index (χ4v) is 3.20. The molecule has 0 aliphatic heterocycles. The van der Waals surface area contributed by atoms with Gasteiger partial charge in [0.15, 0.2) is 0 Å². The minimum atomic E-state index is -4.30. The van der Waals surface area contributed by atoms with E-state index in [0.29, 0.717) is 16.8 Å². The molecule has 3 rings (SSSR count). The summed E-state index contributed by atoms with van der Waals surface area (Å²) < 4.78 is 14.5. The molecule has 0 atom stereocenters. The number of nitrogens with zero attached hydrogens (tertiary/aromatic N) is 4. The van der Waals surface area contributed by atoms with Crippen molar-refractivity contribution in [2.75, 3.05) is 0 Å². The average molecular weight is 348 g/mol. The first-order valence-electron chi connectivity index (χ1n) is 7.35. The average Bonchev–Trinajstić information content (AvgIpc) is 2.83. The van der Waals surface area contributed by atoms with E-state index in [1.807, 2.05) is 13.8 Å². The van der Waals surface area contributed by atoms with Crippen LogP contribution in [0.4, 0.5) is 0 Å². The van der Waals surface area contributed by atoms with E-state index in [1.165, 1.54) is 10.8 Å². The third-order valence-corrected chi connectivity index (χ3v) is 4.32. The van der Waals surface area contributed by atoms with Gasteiger partial charge in [0.2, 0.25) is 0 Å². The molecule has 0 aliphatic rings. The highest BCUT2D eigenvalue weighted by molar-refractivity contribution is 7.50. The molecule has 0 spiro atoms. The van der Waals surface area contributed by atoms with Crippen LogP contribution in [-0.4, -0.2) is 29.0 Å². The molecule has 3 aromatic rings. The van der Waals surface area contributed by atoms with Crippen molar-refractivity contribution >= 4 is 13.1 Å². The van der Waals surface area contributed by atoms with Crippen LogP contribution in [0, 0.1) is 0 Å². The molecule has 9 heteroatoms. The van der Waals surface area contributed by atoms with E-state index in [9.17, 15) is 19.1 Å². The van der Waals surface area contributed by atoms with Crippen LogP contribution in [0.3, 0.4) is 0 Å². The predicted octanol–water partition coefficient (Wildman–Crippen LogP) is 1.82. The molecule has 126 valence electrons. The van der Waals surface area contributed by atoms with Gasteiger partial charge >= 0.3 is 7.60 Å². The molecule has 8 nitrogen and oxygen atoms in total. The van der Waals surface area contributed by atoms with Gasteiger partial charge in [-0.25, -0.2) is 9.50 Å². The van der Waals surface area contributed by atoms with Gasteiger partial charge in [-0.2, -0.15) is 5.10 Å². The first-order valence-corrected chi connectivity index (χ1v) is 9.15. The predicted molar refractivity (Wildman–Crippen MR) is 88.8 cm³/mol. The molecule has 3 heterocycles. The van der Waals surface area contributed by atoms with Gasteiger partial charge in [-0.05, 0) is 26.0 Å². The highest BCUT2D eigenvalue weighted by Crippen LogP contribution is 2.42. The Morgan fingerprint density at radius 2 is 2.04 bits per heavy atom. The van der Waals surface area contributed by atoms with Gasteiger partial charge in [-0.15, -0.1) is 0 Å². The Morgan fingerprint density at radius 1 is 1.29 bits per heavy atom. The Hall–Kier alpha value is -2.28. The highest BCUT2D eigenvalue weighted by Gasteiger charge is 2.23. The van der Waals surface area contributed by atoms with Crippen LogP contribution >= 0.6 is 7.60 Å². The first-order chi connectivity index (χ1) is 11.3. The summed E-state index contributed by atoms with van der Waals surface area (Å²) in [5.41, 5.74) is 1.65. The van der Waals surface area contributed by atoms with Crippen LogP contribution in [-0.2, 0) is 10.7 Å². The summed E-state index contributed by atoms with van der Waals surface area (Å²) in [5, 5.41) is 4.27. The Bertz CT molecular complexity index is 1000. The Morgan fingerprint density at radius 3 is 2.71 bits per heavy atom. The van der Waals surface area contributed by atoms with Crippen molar-refractivity contribution in [1.29, 1.82) is 0 Å². The van der Waals surface area contributed by atoms with Gasteiger partial charge in [0.05, 0.1) is 34.8 Å². The van der Waals surface area contributed by atoms with E-state index < -0.39 is 13.8 Å². The third-order valence-electron chi connectivity index (χ3n) is 3.61. The maximum Gasteiger partial charge on any atom is 0.331 e. The molecule has 24 heavy (non-hydrogen) atoms. The summed E-state index contributed by atoms with van der Waals surface area (Å²) in [7, 11) is -4.30. The molecule has 0 bridgehead atoms. The van der Waals surface area contributed by atoms with Crippen molar-refractivity contribution in [1.82, 2.24) is 19.2 Å². The summed E-state index contributed by atoms with van der Waals surface area (Å²) in [6, 6.07) is 5.30. The molecule has 0 unspecified atom stereocenters. The van der Waals surface area contributed by atoms with Crippen LogP contribution in [0.15, 0.2) is 41.6 Å². The monoisotopic (exact) mass is 348 g/mol. The molecule has 0 saturated heterocycles. The zero-order valence-corrected chi connectivity index (χ0v) is 14.1. The first kappa shape index (κ1) is 16.6. The zero-order chi connectivity index (χ0) is 17.5. The van der Waals surface area contributed by atoms with E-state index >= 15 is 0 Å². The minimum absolute atomic E-state index is 0.0636. The second-order valence-electron chi connectivity index (χ2n) is 5.79. The van der Waals surface area contributed by atoms with Gasteiger partial charge in [0, 0.05) is 18.4 Å². The van der Waals surface area contributed by atoms with E-state index in [0.717, 1.165) is 0 Å². The zero-order valence-electron chi connectivity index (χ0n) is 13.2. The van der Waals surface area contributed by atoms with Crippen molar-refractivity contribution < 1.29 is 14.4 Å². The quantitative estimate of drug-likeness (QED) is 0.696. The fourth-order valence-electron chi connectivity index (χ4n) is 2.59. The lowest BCUT2D eigenvalue weighted by atomic mass is 10.1. The van der Waals surface area contributed by atoms with Crippen molar-refractivity contribution in [2.24, 2.45) is 0 Å². The molecule has 2 N–H and O–H groups in total. The van der Waals surface area contributed by atoms with Gasteiger partial charge < -0.3 is 14.4 Å². The molecule has 3 aromatic heterocycles. The second kappa shape index (κ2) is 5.98. The summed E-state index contributed by atoms with van der Waals surface area (Å²) in [5.74, 6) is 0. The van der Waals surface area contributed by atoms with Crippen molar-refractivity contribution in [2.45, 2.75) is 26.1 Å². The summed E-state index contributed by atoms with van der Waals surface area (Å²) in [4.78, 5) is 34.8. The smallest absolute Gasteiger partial charge is 0.324 e. The molecular weight excluding hydrogens is 331 g/mol. The van der Waals surface area contributed by atoms with Crippen LogP contribution in [0.2, 0.25) is 0 Å². The topological polar surface area (TPSA) is 110 Å². The van der Waals surface area contributed by atoms with Crippen molar-refractivity contribution in [3.05, 3.63) is 52.8 Å².